The molecule has 2 aromatic rings. The molecule has 1 N–H and O–H groups in total. The van der Waals surface area contributed by atoms with Gasteiger partial charge in [0, 0.05) is 10.9 Å². The van der Waals surface area contributed by atoms with E-state index < -0.39 is 0 Å². The highest BCUT2D eigenvalue weighted by molar-refractivity contribution is 7.98. The summed E-state index contributed by atoms with van der Waals surface area (Å²) in [6.07, 6.45) is 2.05. The van der Waals surface area contributed by atoms with Crippen molar-refractivity contribution in [1.82, 2.24) is 5.32 Å². The molecule has 0 aliphatic rings. The summed E-state index contributed by atoms with van der Waals surface area (Å²) in [4.78, 5) is 1.11. The number of rotatable bonds is 6. The molecule has 0 aliphatic carbocycles. The van der Waals surface area contributed by atoms with Crippen LogP contribution in [-0.4, -0.2) is 20.4 Å². The Kier molecular flexibility index (Phi) is 5.53. The molecule has 0 aromatic heterocycles. The maximum absolute atomic E-state index is 6.16. The first-order chi connectivity index (χ1) is 10.2. The van der Waals surface area contributed by atoms with Crippen LogP contribution in [0.2, 0.25) is 0 Å². The van der Waals surface area contributed by atoms with Crippen molar-refractivity contribution in [3.05, 3.63) is 48.0 Å². The van der Waals surface area contributed by atoms with E-state index in [1.165, 1.54) is 0 Å². The van der Waals surface area contributed by atoms with E-state index in [2.05, 4.69) is 18.3 Å². The van der Waals surface area contributed by atoms with Crippen molar-refractivity contribution in [3.8, 4) is 17.2 Å². The zero-order chi connectivity index (χ0) is 15.2. The molecule has 0 aliphatic heterocycles. The summed E-state index contributed by atoms with van der Waals surface area (Å²) in [5.74, 6) is 2.51. The molecule has 2 aromatic carbocycles. The van der Waals surface area contributed by atoms with Crippen molar-refractivity contribution in [1.29, 1.82) is 0 Å². The molecule has 0 amide bonds. The van der Waals surface area contributed by atoms with Crippen LogP contribution < -0.4 is 14.8 Å². The molecular formula is C17H21NO2S. The van der Waals surface area contributed by atoms with Crippen LogP contribution in [0.5, 0.6) is 17.2 Å². The van der Waals surface area contributed by atoms with E-state index in [9.17, 15) is 0 Å². The zero-order valence-corrected chi connectivity index (χ0v) is 13.7. The van der Waals surface area contributed by atoms with Gasteiger partial charge in [-0.3, -0.25) is 0 Å². The highest BCUT2D eigenvalue weighted by Crippen LogP contribution is 2.38. The minimum absolute atomic E-state index is 0.137. The Labute approximate surface area is 130 Å². The first-order valence-corrected chi connectivity index (χ1v) is 8.08. The zero-order valence-electron chi connectivity index (χ0n) is 12.8. The highest BCUT2D eigenvalue weighted by atomic mass is 32.2. The average Bonchev–Trinajstić information content (AvgIpc) is 2.54. The first-order valence-electron chi connectivity index (χ1n) is 6.86. The standard InChI is InChI=1S/C17H21NO2S/c1-12(18-2)17-14(19-3)9-7-10-15(17)20-13-8-5-6-11-16(13)21-4/h5-12,18H,1-4H3. The normalized spacial score (nSPS) is 12.0. The molecule has 0 fully saturated rings. The van der Waals surface area contributed by atoms with Crippen LogP contribution in [0.3, 0.4) is 0 Å². The molecule has 1 unspecified atom stereocenters. The van der Waals surface area contributed by atoms with Gasteiger partial charge in [-0.2, -0.15) is 0 Å². The van der Waals surface area contributed by atoms with Crippen molar-refractivity contribution in [2.75, 3.05) is 20.4 Å². The molecule has 0 saturated heterocycles. The Morgan fingerprint density at radius 1 is 1.00 bits per heavy atom. The van der Waals surface area contributed by atoms with Gasteiger partial charge in [0.15, 0.2) is 0 Å². The summed E-state index contributed by atoms with van der Waals surface area (Å²) in [5, 5.41) is 3.25. The van der Waals surface area contributed by atoms with E-state index in [0.717, 1.165) is 27.7 Å². The smallest absolute Gasteiger partial charge is 0.140 e. The molecule has 0 bridgehead atoms. The van der Waals surface area contributed by atoms with Gasteiger partial charge in [-0.15, -0.1) is 11.8 Å². The van der Waals surface area contributed by atoms with Crippen LogP contribution in [0.25, 0.3) is 0 Å². The van der Waals surface area contributed by atoms with Crippen molar-refractivity contribution >= 4 is 11.8 Å². The van der Waals surface area contributed by atoms with Gasteiger partial charge in [-0.1, -0.05) is 18.2 Å². The second-order valence-corrected chi connectivity index (χ2v) is 5.48. The maximum atomic E-state index is 6.16. The third-order valence-corrected chi connectivity index (χ3v) is 4.18. The topological polar surface area (TPSA) is 30.5 Å². The molecule has 21 heavy (non-hydrogen) atoms. The van der Waals surface area contributed by atoms with Gasteiger partial charge in [0.2, 0.25) is 0 Å². The highest BCUT2D eigenvalue weighted by Gasteiger charge is 2.17. The first kappa shape index (κ1) is 15.7. The summed E-state index contributed by atoms with van der Waals surface area (Å²) in [7, 11) is 3.61. The van der Waals surface area contributed by atoms with E-state index in [1.54, 1.807) is 18.9 Å². The van der Waals surface area contributed by atoms with Crippen molar-refractivity contribution in [3.63, 3.8) is 0 Å². The van der Waals surface area contributed by atoms with Crippen LogP contribution in [0.1, 0.15) is 18.5 Å². The molecule has 1 atom stereocenters. The predicted molar refractivity (Wildman–Crippen MR) is 88.8 cm³/mol. The summed E-state index contributed by atoms with van der Waals surface area (Å²) in [5.41, 5.74) is 1.03. The number of hydrogen-bond donors (Lipinski definition) is 1. The summed E-state index contributed by atoms with van der Waals surface area (Å²) in [6.45, 7) is 2.09. The minimum Gasteiger partial charge on any atom is -0.496 e. The fraction of sp³-hybridized carbons (Fsp3) is 0.294. The van der Waals surface area contributed by atoms with Gasteiger partial charge in [-0.05, 0) is 44.5 Å². The number of methoxy groups -OCH3 is 1. The van der Waals surface area contributed by atoms with Crippen molar-refractivity contribution in [2.24, 2.45) is 0 Å². The van der Waals surface area contributed by atoms with E-state index >= 15 is 0 Å². The third kappa shape index (κ3) is 3.52. The van der Waals surface area contributed by atoms with E-state index in [4.69, 9.17) is 9.47 Å². The Morgan fingerprint density at radius 3 is 2.33 bits per heavy atom. The summed E-state index contributed by atoms with van der Waals surface area (Å²) < 4.78 is 11.6. The molecule has 0 heterocycles. The average molecular weight is 303 g/mol. The van der Waals surface area contributed by atoms with E-state index in [1.807, 2.05) is 49.7 Å². The largest absolute Gasteiger partial charge is 0.496 e. The lowest BCUT2D eigenvalue weighted by Gasteiger charge is -2.20. The van der Waals surface area contributed by atoms with Crippen molar-refractivity contribution in [2.45, 2.75) is 17.9 Å². The maximum Gasteiger partial charge on any atom is 0.140 e. The molecule has 0 radical (unpaired) electrons. The molecular weight excluding hydrogens is 282 g/mol. The molecule has 4 heteroatoms. The van der Waals surface area contributed by atoms with E-state index in [0.29, 0.717) is 0 Å². The molecule has 2 rings (SSSR count). The number of para-hydroxylation sites is 1. The molecule has 3 nitrogen and oxygen atoms in total. The quantitative estimate of drug-likeness (QED) is 0.797. The molecule has 0 spiro atoms. The Balaban J connectivity index is 2.44. The summed E-state index contributed by atoms with van der Waals surface area (Å²) in [6, 6.07) is 14.1. The fourth-order valence-electron chi connectivity index (χ4n) is 2.18. The van der Waals surface area contributed by atoms with Gasteiger partial charge in [-0.25, -0.2) is 0 Å². The second kappa shape index (κ2) is 7.38. The molecule has 112 valence electrons. The van der Waals surface area contributed by atoms with Crippen LogP contribution in [0, 0.1) is 0 Å². The van der Waals surface area contributed by atoms with Gasteiger partial charge in [0.05, 0.1) is 12.7 Å². The number of ether oxygens (including phenoxy) is 2. The monoisotopic (exact) mass is 303 g/mol. The van der Waals surface area contributed by atoms with Crippen LogP contribution in [0.15, 0.2) is 47.4 Å². The third-order valence-electron chi connectivity index (χ3n) is 3.40. The number of benzene rings is 2. The van der Waals surface area contributed by atoms with Crippen LogP contribution in [-0.2, 0) is 0 Å². The number of nitrogens with one attached hydrogen (secondary N) is 1. The Morgan fingerprint density at radius 2 is 1.67 bits per heavy atom. The lowest BCUT2D eigenvalue weighted by Crippen LogP contribution is -2.14. The Hall–Kier alpha value is -1.65. The minimum atomic E-state index is 0.137. The lowest BCUT2D eigenvalue weighted by atomic mass is 10.1. The fourth-order valence-corrected chi connectivity index (χ4v) is 2.71. The van der Waals surface area contributed by atoms with Gasteiger partial charge in [0.1, 0.15) is 17.2 Å². The SMILES string of the molecule is CNC(C)c1c(OC)cccc1Oc1ccccc1SC. The number of hydrogen-bond acceptors (Lipinski definition) is 4. The predicted octanol–water partition coefficient (Wildman–Crippen LogP) is 4.49. The van der Waals surface area contributed by atoms with Gasteiger partial charge < -0.3 is 14.8 Å². The van der Waals surface area contributed by atoms with Gasteiger partial charge in [0.25, 0.3) is 0 Å². The lowest BCUT2D eigenvalue weighted by molar-refractivity contribution is 0.392. The second-order valence-electron chi connectivity index (χ2n) is 4.64. The van der Waals surface area contributed by atoms with Gasteiger partial charge >= 0.3 is 0 Å². The van der Waals surface area contributed by atoms with Crippen molar-refractivity contribution < 1.29 is 9.47 Å². The Bertz CT molecular complexity index is 601. The molecule has 0 saturated carbocycles. The van der Waals surface area contributed by atoms with Crippen LogP contribution >= 0.6 is 11.8 Å². The van der Waals surface area contributed by atoms with E-state index in [-0.39, 0.29) is 6.04 Å². The summed E-state index contributed by atoms with van der Waals surface area (Å²) >= 11 is 1.67. The number of thioether (sulfide) groups is 1. The van der Waals surface area contributed by atoms with Crippen LogP contribution in [0.4, 0.5) is 0 Å².